The average molecular weight is 261 g/mol. The molecule has 0 radical (unpaired) electrons. The molecule has 0 aliphatic heterocycles. The number of unbranched alkanes of at least 4 members (excludes halogenated alkanes) is 1. The number of carbonyl (C=O) groups excluding carboxylic acids is 1. The van der Waals surface area contributed by atoms with Crippen molar-refractivity contribution in [2.45, 2.75) is 26.2 Å². The van der Waals surface area contributed by atoms with Crippen molar-refractivity contribution < 1.29 is 9.53 Å². The summed E-state index contributed by atoms with van der Waals surface area (Å²) in [5, 5.41) is 0.638. The van der Waals surface area contributed by atoms with E-state index in [0.717, 1.165) is 18.4 Å². The molecule has 1 rings (SSSR count). The Hall–Kier alpha value is -0.730. The summed E-state index contributed by atoms with van der Waals surface area (Å²) in [6, 6.07) is 5.18. The molecule has 88 valence electrons. The zero-order valence-electron chi connectivity index (χ0n) is 9.13. The minimum atomic E-state index is -0.226. The Labute approximate surface area is 106 Å². The summed E-state index contributed by atoms with van der Waals surface area (Å²) in [5.41, 5.74) is 0.859. The van der Waals surface area contributed by atoms with Crippen molar-refractivity contribution in [3.63, 3.8) is 0 Å². The van der Waals surface area contributed by atoms with Crippen molar-refractivity contribution in [1.29, 1.82) is 0 Å². The molecule has 0 aliphatic carbocycles. The number of ether oxygens (including phenoxy) is 1. The van der Waals surface area contributed by atoms with E-state index in [1.165, 1.54) is 0 Å². The molecule has 16 heavy (non-hydrogen) atoms. The van der Waals surface area contributed by atoms with E-state index in [1.807, 2.05) is 6.92 Å². The molecule has 4 heteroatoms. The molecule has 0 unspecified atom stereocenters. The van der Waals surface area contributed by atoms with Gasteiger partial charge in [0, 0.05) is 17.3 Å². The number of hydrogen-bond acceptors (Lipinski definition) is 2. The lowest BCUT2D eigenvalue weighted by atomic mass is 10.2. The molecule has 0 fully saturated rings. The number of halogens is 2. The highest BCUT2D eigenvalue weighted by atomic mass is 35.5. The van der Waals surface area contributed by atoms with E-state index in [1.54, 1.807) is 18.2 Å². The van der Waals surface area contributed by atoms with Crippen LogP contribution in [0, 0.1) is 6.92 Å². The summed E-state index contributed by atoms with van der Waals surface area (Å²) in [6.07, 6.45) is 1.99. The lowest BCUT2D eigenvalue weighted by Crippen LogP contribution is -2.08. The first-order valence-corrected chi connectivity index (χ1v) is 6.07. The third kappa shape index (κ3) is 4.42. The van der Waals surface area contributed by atoms with Gasteiger partial charge in [0.2, 0.25) is 0 Å². The van der Waals surface area contributed by atoms with Gasteiger partial charge in [0.25, 0.3) is 0 Å². The van der Waals surface area contributed by atoms with E-state index in [-0.39, 0.29) is 5.97 Å². The number of hydrogen-bond donors (Lipinski definition) is 0. The first kappa shape index (κ1) is 13.3. The van der Waals surface area contributed by atoms with Gasteiger partial charge in [0.05, 0.1) is 0 Å². The van der Waals surface area contributed by atoms with Crippen LogP contribution in [-0.2, 0) is 4.79 Å². The van der Waals surface area contributed by atoms with E-state index < -0.39 is 0 Å². The molecule has 0 N–H and O–H groups in total. The molecular weight excluding hydrogens is 247 g/mol. The molecule has 0 aliphatic rings. The summed E-state index contributed by atoms with van der Waals surface area (Å²) in [4.78, 5) is 11.4. The molecule has 2 nitrogen and oxygen atoms in total. The van der Waals surface area contributed by atoms with Gasteiger partial charge in [0.1, 0.15) is 5.75 Å². The Morgan fingerprint density at radius 3 is 2.75 bits per heavy atom. The summed E-state index contributed by atoms with van der Waals surface area (Å²) in [6.45, 7) is 1.85. The Morgan fingerprint density at radius 1 is 1.38 bits per heavy atom. The maximum atomic E-state index is 11.4. The van der Waals surface area contributed by atoms with Gasteiger partial charge in [-0.2, -0.15) is 0 Å². The first-order valence-electron chi connectivity index (χ1n) is 5.16. The minimum absolute atomic E-state index is 0.226. The topological polar surface area (TPSA) is 26.3 Å². The fourth-order valence-corrected chi connectivity index (χ4v) is 1.68. The zero-order valence-corrected chi connectivity index (χ0v) is 10.6. The lowest BCUT2D eigenvalue weighted by molar-refractivity contribution is -0.134. The first-order chi connectivity index (χ1) is 7.63. The number of carbonyl (C=O) groups is 1. The maximum Gasteiger partial charge on any atom is 0.311 e. The largest absolute Gasteiger partial charge is 0.426 e. The number of aryl methyl sites for hydroxylation is 1. The van der Waals surface area contributed by atoms with E-state index >= 15 is 0 Å². The van der Waals surface area contributed by atoms with Crippen LogP contribution in [0.4, 0.5) is 0 Å². The second kappa shape index (κ2) is 6.77. The fourth-order valence-electron chi connectivity index (χ4n) is 1.26. The molecule has 0 heterocycles. The molecule has 0 saturated heterocycles. The van der Waals surface area contributed by atoms with Crippen molar-refractivity contribution in [2.75, 3.05) is 5.88 Å². The SMILES string of the molecule is Cc1cc(Cl)ccc1OC(=O)CCCCCl. The summed E-state index contributed by atoms with van der Waals surface area (Å²) in [5.74, 6) is 0.920. The molecule has 0 aromatic heterocycles. The van der Waals surface area contributed by atoms with Crippen molar-refractivity contribution in [3.05, 3.63) is 28.8 Å². The van der Waals surface area contributed by atoms with Gasteiger partial charge in [-0.15, -0.1) is 11.6 Å². The van der Waals surface area contributed by atoms with Gasteiger partial charge in [-0.3, -0.25) is 4.79 Å². The highest BCUT2D eigenvalue weighted by Gasteiger charge is 2.07. The Balaban J connectivity index is 2.49. The monoisotopic (exact) mass is 260 g/mol. The van der Waals surface area contributed by atoms with Gasteiger partial charge in [-0.1, -0.05) is 11.6 Å². The minimum Gasteiger partial charge on any atom is -0.426 e. The second-order valence-corrected chi connectivity index (χ2v) is 4.34. The quantitative estimate of drug-likeness (QED) is 0.347. The molecule has 0 amide bonds. The Kier molecular flexibility index (Phi) is 5.64. The Morgan fingerprint density at radius 2 is 2.12 bits per heavy atom. The fraction of sp³-hybridized carbons (Fsp3) is 0.417. The number of benzene rings is 1. The molecule has 0 saturated carbocycles. The van der Waals surface area contributed by atoms with E-state index in [9.17, 15) is 4.79 Å². The number of alkyl halides is 1. The van der Waals surface area contributed by atoms with Gasteiger partial charge in [-0.25, -0.2) is 0 Å². The van der Waals surface area contributed by atoms with Gasteiger partial charge in [0.15, 0.2) is 0 Å². The van der Waals surface area contributed by atoms with Crippen LogP contribution in [0.3, 0.4) is 0 Å². The predicted octanol–water partition coefficient (Wildman–Crippen LogP) is 3.96. The number of esters is 1. The highest BCUT2D eigenvalue weighted by Crippen LogP contribution is 2.22. The van der Waals surface area contributed by atoms with Crippen molar-refractivity contribution >= 4 is 29.2 Å². The van der Waals surface area contributed by atoms with Crippen LogP contribution in [0.1, 0.15) is 24.8 Å². The van der Waals surface area contributed by atoms with Crippen LogP contribution in [0.2, 0.25) is 5.02 Å². The van der Waals surface area contributed by atoms with Crippen LogP contribution in [-0.4, -0.2) is 11.8 Å². The summed E-state index contributed by atoms with van der Waals surface area (Å²) in [7, 11) is 0. The highest BCUT2D eigenvalue weighted by molar-refractivity contribution is 6.30. The standard InChI is InChI=1S/C12H14Cl2O2/c1-9-8-10(14)5-6-11(9)16-12(15)4-2-3-7-13/h5-6,8H,2-4,7H2,1H3. The molecule has 1 aromatic rings. The molecule has 0 atom stereocenters. The van der Waals surface area contributed by atoms with Crippen molar-refractivity contribution in [2.24, 2.45) is 0 Å². The van der Waals surface area contributed by atoms with E-state index in [0.29, 0.717) is 23.1 Å². The Bertz CT molecular complexity index is 364. The van der Waals surface area contributed by atoms with E-state index in [4.69, 9.17) is 27.9 Å². The molecule has 1 aromatic carbocycles. The van der Waals surface area contributed by atoms with Crippen LogP contribution >= 0.6 is 23.2 Å². The smallest absolute Gasteiger partial charge is 0.311 e. The second-order valence-electron chi connectivity index (χ2n) is 3.53. The predicted molar refractivity (Wildman–Crippen MR) is 66.4 cm³/mol. The third-order valence-corrected chi connectivity index (χ3v) is 2.63. The normalized spacial score (nSPS) is 10.2. The van der Waals surface area contributed by atoms with Gasteiger partial charge >= 0.3 is 5.97 Å². The van der Waals surface area contributed by atoms with Gasteiger partial charge in [-0.05, 0) is 43.5 Å². The van der Waals surface area contributed by atoms with Crippen molar-refractivity contribution in [3.8, 4) is 5.75 Å². The average Bonchev–Trinajstić information content (AvgIpc) is 2.23. The molecule has 0 bridgehead atoms. The molecular formula is C12H14Cl2O2. The van der Waals surface area contributed by atoms with Crippen LogP contribution in [0.15, 0.2) is 18.2 Å². The summed E-state index contributed by atoms with van der Waals surface area (Å²) < 4.78 is 5.21. The third-order valence-electron chi connectivity index (χ3n) is 2.13. The van der Waals surface area contributed by atoms with Crippen LogP contribution < -0.4 is 4.74 Å². The van der Waals surface area contributed by atoms with Crippen molar-refractivity contribution in [1.82, 2.24) is 0 Å². The number of rotatable bonds is 5. The zero-order chi connectivity index (χ0) is 12.0. The summed E-state index contributed by atoms with van der Waals surface area (Å²) >= 11 is 11.3. The maximum absolute atomic E-state index is 11.4. The molecule has 0 spiro atoms. The lowest BCUT2D eigenvalue weighted by Gasteiger charge is -2.07. The van der Waals surface area contributed by atoms with Crippen LogP contribution in [0.25, 0.3) is 0 Å². The van der Waals surface area contributed by atoms with Gasteiger partial charge < -0.3 is 4.74 Å². The van der Waals surface area contributed by atoms with Crippen LogP contribution in [0.5, 0.6) is 5.75 Å². The van der Waals surface area contributed by atoms with E-state index in [2.05, 4.69) is 0 Å².